The van der Waals surface area contributed by atoms with Crippen molar-refractivity contribution in [1.82, 2.24) is 10.3 Å². The predicted molar refractivity (Wildman–Crippen MR) is 85.9 cm³/mol. The summed E-state index contributed by atoms with van der Waals surface area (Å²) >= 11 is 3.63. The first-order chi connectivity index (χ1) is 9.79. The van der Waals surface area contributed by atoms with Gasteiger partial charge in [-0.1, -0.05) is 31.2 Å². The molecule has 1 aliphatic rings. The standard InChI is InChI=1S/C17H19BrN2/c1-2-19-16(17-15(18)8-5-9-20-17)11-13-10-12-6-3-4-7-14(12)13/h3-9,13,16,19H,2,10-11H2,1H3. The van der Waals surface area contributed by atoms with E-state index >= 15 is 0 Å². The van der Waals surface area contributed by atoms with Crippen molar-refractivity contribution >= 4 is 15.9 Å². The SMILES string of the molecule is CCNC(CC1Cc2ccccc21)c1ncccc1Br. The van der Waals surface area contributed by atoms with Gasteiger partial charge in [-0.05, 0) is 64.5 Å². The van der Waals surface area contributed by atoms with Gasteiger partial charge in [0.2, 0.25) is 0 Å². The minimum Gasteiger partial charge on any atom is -0.309 e. The van der Waals surface area contributed by atoms with Crippen molar-refractivity contribution in [3.8, 4) is 0 Å². The van der Waals surface area contributed by atoms with Crippen LogP contribution in [-0.4, -0.2) is 11.5 Å². The molecule has 3 rings (SSSR count). The molecule has 2 unspecified atom stereocenters. The maximum Gasteiger partial charge on any atom is 0.0715 e. The first-order valence-electron chi connectivity index (χ1n) is 7.21. The fraction of sp³-hybridized carbons (Fsp3) is 0.353. The van der Waals surface area contributed by atoms with E-state index in [0.717, 1.165) is 23.1 Å². The van der Waals surface area contributed by atoms with Gasteiger partial charge >= 0.3 is 0 Å². The Kier molecular flexibility index (Phi) is 4.18. The molecule has 0 aliphatic heterocycles. The van der Waals surface area contributed by atoms with Gasteiger partial charge in [0.05, 0.1) is 11.7 Å². The summed E-state index contributed by atoms with van der Waals surface area (Å²) in [7, 11) is 0. The number of pyridine rings is 1. The van der Waals surface area contributed by atoms with Crippen molar-refractivity contribution in [1.29, 1.82) is 0 Å². The molecular formula is C17H19BrN2. The smallest absolute Gasteiger partial charge is 0.0715 e. The number of hydrogen-bond donors (Lipinski definition) is 1. The number of nitrogens with zero attached hydrogens (tertiary/aromatic N) is 1. The Morgan fingerprint density at radius 1 is 1.30 bits per heavy atom. The average molecular weight is 331 g/mol. The van der Waals surface area contributed by atoms with Crippen molar-refractivity contribution in [2.45, 2.75) is 31.7 Å². The van der Waals surface area contributed by atoms with Gasteiger partial charge in [-0.25, -0.2) is 0 Å². The van der Waals surface area contributed by atoms with E-state index < -0.39 is 0 Å². The van der Waals surface area contributed by atoms with Crippen LogP contribution in [0.2, 0.25) is 0 Å². The molecule has 1 aromatic heterocycles. The summed E-state index contributed by atoms with van der Waals surface area (Å²) in [5.41, 5.74) is 4.15. The van der Waals surface area contributed by atoms with Crippen LogP contribution in [0.4, 0.5) is 0 Å². The molecule has 0 bridgehead atoms. The topological polar surface area (TPSA) is 24.9 Å². The summed E-state index contributed by atoms with van der Waals surface area (Å²) in [6.45, 7) is 3.11. The van der Waals surface area contributed by atoms with Gasteiger partial charge in [-0.2, -0.15) is 0 Å². The van der Waals surface area contributed by atoms with E-state index in [0.29, 0.717) is 12.0 Å². The minimum atomic E-state index is 0.314. The maximum atomic E-state index is 4.56. The molecular weight excluding hydrogens is 312 g/mol. The van der Waals surface area contributed by atoms with Gasteiger partial charge in [0, 0.05) is 10.7 Å². The summed E-state index contributed by atoms with van der Waals surface area (Å²) in [6, 6.07) is 13.1. The van der Waals surface area contributed by atoms with Gasteiger partial charge < -0.3 is 5.32 Å². The van der Waals surface area contributed by atoms with Crippen LogP contribution in [0.15, 0.2) is 47.1 Å². The van der Waals surface area contributed by atoms with E-state index in [1.807, 2.05) is 12.3 Å². The Morgan fingerprint density at radius 2 is 2.15 bits per heavy atom. The van der Waals surface area contributed by atoms with E-state index in [-0.39, 0.29) is 0 Å². The zero-order chi connectivity index (χ0) is 13.9. The molecule has 2 atom stereocenters. The van der Waals surface area contributed by atoms with Crippen molar-refractivity contribution in [3.05, 3.63) is 63.9 Å². The Bertz CT molecular complexity index is 597. The average Bonchev–Trinajstić information content (AvgIpc) is 2.44. The van der Waals surface area contributed by atoms with Gasteiger partial charge in [0.25, 0.3) is 0 Å². The molecule has 2 aromatic rings. The van der Waals surface area contributed by atoms with Crippen LogP contribution in [0.3, 0.4) is 0 Å². The van der Waals surface area contributed by atoms with Crippen molar-refractivity contribution < 1.29 is 0 Å². The van der Waals surface area contributed by atoms with Crippen molar-refractivity contribution in [2.24, 2.45) is 0 Å². The van der Waals surface area contributed by atoms with E-state index in [4.69, 9.17) is 0 Å². The zero-order valence-electron chi connectivity index (χ0n) is 11.6. The third kappa shape index (κ3) is 2.65. The minimum absolute atomic E-state index is 0.314. The number of nitrogens with one attached hydrogen (secondary N) is 1. The Hall–Kier alpha value is -1.19. The fourth-order valence-corrected chi connectivity index (χ4v) is 3.58. The summed E-state index contributed by atoms with van der Waals surface area (Å²) < 4.78 is 1.10. The molecule has 1 N–H and O–H groups in total. The fourth-order valence-electron chi connectivity index (χ4n) is 3.05. The Balaban J connectivity index is 1.78. The van der Waals surface area contributed by atoms with Crippen molar-refractivity contribution in [3.63, 3.8) is 0 Å². The first kappa shape index (κ1) is 13.8. The third-order valence-electron chi connectivity index (χ3n) is 4.05. The molecule has 0 amide bonds. The molecule has 0 saturated heterocycles. The Morgan fingerprint density at radius 3 is 2.90 bits per heavy atom. The Labute approximate surface area is 128 Å². The largest absolute Gasteiger partial charge is 0.309 e. The molecule has 0 saturated carbocycles. The van der Waals surface area contributed by atoms with E-state index in [2.05, 4.69) is 63.5 Å². The van der Waals surface area contributed by atoms with Gasteiger partial charge in [-0.3, -0.25) is 4.98 Å². The van der Waals surface area contributed by atoms with Crippen LogP contribution >= 0.6 is 15.9 Å². The van der Waals surface area contributed by atoms with E-state index in [1.165, 1.54) is 17.5 Å². The summed E-state index contributed by atoms with van der Waals surface area (Å²) in [5.74, 6) is 0.657. The number of hydrogen-bond acceptors (Lipinski definition) is 2. The number of rotatable bonds is 5. The number of fused-ring (bicyclic) bond motifs is 1. The first-order valence-corrected chi connectivity index (χ1v) is 8.00. The van der Waals surface area contributed by atoms with Crippen LogP contribution < -0.4 is 5.32 Å². The van der Waals surface area contributed by atoms with Gasteiger partial charge in [-0.15, -0.1) is 0 Å². The molecule has 2 nitrogen and oxygen atoms in total. The molecule has 3 heteroatoms. The molecule has 1 heterocycles. The van der Waals surface area contributed by atoms with Crippen LogP contribution in [0.5, 0.6) is 0 Å². The highest BCUT2D eigenvalue weighted by Gasteiger charge is 2.29. The summed E-state index contributed by atoms with van der Waals surface area (Å²) in [6.07, 6.45) is 4.18. The monoisotopic (exact) mass is 330 g/mol. The predicted octanol–water partition coefficient (Wildman–Crippen LogP) is 4.22. The molecule has 1 aliphatic carbocycles. The van der Waals surface area contributed by atoms with Crippen LogP contribution in [-0.2, 0) is 6.42 Å². The molecule has 0 spiro atoms. The molecule has 0 radical (unpaired) electrons. The van der Waals surface area contributed by atoms with Crippen LogP contribution in [0.25, 0.3) is 0 Å². The summed E-state index contributed by atoms with van der Waals surface area (Å²) in [4.78, 5) is 4.56. The summed E-state index contributed by atoms with van der Waals surface area (Å²) in [5, 5.41) is 3.58. The highest BCUT2D eigenvalue weighted by atomic mass is 79.9. The lowest BCUT2D eigenvalue weighted by Crippen LogP contribution is -2.28. The lowest BCUT2D eigenvalue weighted by molar-refractivity contribution is 0.427. The molecule has 1 aromatic carbocycles. The number of benzene rings is 1. The van der Waals surface area contributed by atoms with E-state index in [1.54, 1.807) is 0 Å². The lowest BCUT2D eigenvalue weighted by Gasteiger charge is -2.33. The number of halogens is 1. The second kappa shape index (κ2) is 6.06. The maximum absolute atomic E-state index is 4.56. The second-order valence-corrected chi connectivity index (χ2v) is 6.17. The van der Waals surface area contributed by atoms with Crippen LogP contribution in [0.1, 0.15) is 42.1 Å². The second-order valence-electron chi connectivity index (χ2n) is 5.32. The van der Waals surface area contributed by atoms with Gasteiger partial charge in [0.1, 0.15) is 0 Å². The quantitative estimate of drug-likeness (QED) is 0.887. The van der Waals surface area contributed by atoms with E-state index in [9.17, 15) is 0 Å². The van der Waals surface area contributed by atoms with Crippen LogP contribution in [0, 0.1) is 0 Å². The molecule has 20 heavy (non-hydrogen) atoms. The normalized spacial score (nSPS) is 18.2. The molecule has 0 fully saturated rings. The number of aromatic nitrogens is 1. The van der Waals surface area contributed by atoms with Gasteiger partial charge in [0.15, 0.2) is 0 Å². The zero-order valence-corrected chi connectivity index (χ0v) is 13.2. The van der Waals surface area contributed by atoms with Crippen molar-refractivity contribution in [2.75, 3.05) is 6.54 Å². The third-order valence-corrected chi connectivity index (χ3v) is 4.72. The highest BCUT2D eigenvalue weighted by Crippen LogP contribution is 2.41. The highest BCUT2D eigenvalue weighted by molar-refractivity contribution is 9.10. The lowest BCUT2D eigenvalue weighted by atomic mass is 9.74. The molecule has 104 valence electrons.